The van der Waals surface area contributed by atoms with Gasteiger partial charge in [-0.15, -0.1) is 0 Å². The van der Waals surface area contributed by atoms with Crippen molar-refractivity contribution in [2.24, 2.45) is 11.1 Å². The topological polar surface area (TPSA) is 125 Å². The minimum Gasteiger partial charge on any atom is -0.394 e. The molecule has 4 atom stereocenters. The number of carbonyl (C=O) groups is 3. The molecule has 0 aromatic heterocycles. The van der Waals surface area contributed by atoms with Crippen LogP contribution >= 0.6 is 0 Å². The summed E-state index contributed by atoms with van der Waals surface area (Å²) in [6, 6.07) is 18.5. The van der Waals surface area contributed by atoms with Gasteiger partial charge in [0.15, 0.2) is 0 Å². The van der Waals surface area contributed by atoms with Crippen LogP contribution in [0.3, 0.4) is 0 Å². The van der Waals surface area contributed by atoms with Crippen molar-refractivity contribution in [1.82, 2.24) is 15.1 Å². The maximum Gasteiger partial charge on any atom is 0.247 e. The van der Waals surface area contributed by atoms with Crippen LogP contribution in [0.5, 0.6) is 0 Å². The number of hydrogen-bond donors (Lipinski definition) is 3. The van der Waals surface area contributed by atoms with Crippen LogP contribution in [0.2, 0.25) is 0 Å². The Morgan fingerprint density at radius 3 is 2.50 bits per heavy atom. The quantitative estimate of drug-likeness (QED) is 0.455. The molecule has 1 unspecified atom stereocenters. The highest BCUT2D eigenvalue weighted by atomic mass is 16.5. The summed E-state index contributed by atoms with van der Waals surface area (Å²) in [5, 5.41) is 12.3. The van der Waals surface area contributed by atoms with Gasteiger partial charge >= 0.3 is 0 Å². The zero-order chi connectivity index (χ0) is 27.3. The number of likely N-dealkylation sites (tertiary alicyclic amines) is 2. The van der Waals surface area contributed by atoms with Crippen LogP contribution in [-0.4, -0.2) is 84.1 Å². The van der Waals surface area contributed by atoms with E-state index < -0.39 is 29.5 Å². The molecule has 2 saturated heterocycles. The number of amides is 3. The van der Waals surface area contributed by atoms with Gasteiger partial charge in [-0.3, -0.25) is 14.4 Å². The van der Waals surface area contributed by atoms with E-state index in [1.54, 1.807) is 9.80 Å². The van der Waals surface area contributed by atoms with Gasteiger partial charge in [0.1, 0.15) is 11.6 Å². The largest absolute Gasteiger partial charge is 0.394 e. The van der Waals surface area contributed by atoms with Crippen LogP contribution in [0, 0.1) is 5.41 Å². The molecule has 4 rings (SSSR count). The maximum atomic E-state index is 13.9. The molecular formula is C29H38N4O5. The molecular weight excluding hydrogens is 484 g/mol. The molecule has 2 aliphatic heterocycles. The van der Waals surface area contributed by atoms with Gasteiger partial charge in [-0.1, -0.05) is 60.7 Å². The molecule has 9 nitrogen and oxygen atoms in total. The number of rotatable bonds is 9. The van der Waals surface area contributed by atoms with Gasteiger partial charge in [0.2, 0.25) is 17.7 Å². The van der Waals surface area contributed by atoms with Crippen LogP contribution in [0.1, 0.15) is 36.8 Å². The Hall–Kier alpha value is -3.27. The third kappa shape index (κ3) is 5.75. The van der Waals surface area contributed by atoms with E-state index in [0.717, 1.165) is 11.1 Å². The molecule has 2 aromatic carbocycles. The Kier molecular flexibility index (Phi) is 8.50. The molecule has 3 amide bonds. The van der Waals surface area contributed by atoms with Gasteiger partial charge < -0.3 is 30.7 Å². The van der Waals surface area contributed by atoms with E-state index in [9.17, 15) is 19.5 Å². The fourth-order valence-electron chi connectivity index (χ4n) is 5.56. The monoisotopic (exact) mass is 522 g/mol. The van der Waals surface area contributed by atoms with Crippen molar-refractivity contribution >= 4 is 17.7 Å². The lowest BCUT2D eigenvalue weighted by atomic mass is 9.69. The molecule has 38 heavy (non-hydrogen) atoms. The number of likely N-dealkylation sites (N-methyl/N-ethyl adjacent to an activating group) is 1. The second-order valence-electron chi connectivity index (χ2n) is 10.8. The maximum absolute atomic E-state index is 13.9. The summed E-state index contributed by atoms with van der Waals surface area (Å²) in [4.78, 5) is 43.7. The lowest BCUT2D eigenvalue weighted by molar-refractivity contribution is -0.147. The molecule has 0 aliphatic carbocycles. The van der Waals surface area contributed by atoms with E-state index in [0.29, 0.717) is 25.9 Å². The molecule has 2 aromatic rings. The van der Waals surface area contributed by atoms with Crippen molar-refractivity contribution in [2.75, 3.05) is 39.9 Å². The number of carbonyl (C=O) groups excluding carboxylic acids is 3. The minimum absolute atomic E-state index is 0.0408. The molecule has 0 saturated carbocycles. The first-order chi connectivity index (χ1) is 18.2. The fraction of sp³-hybridized carbons (Fsp3) is 0.483. The number of hydrogen-bond acceptors (Lipinski definition) is 6. The third-order valence-corrected chi connectivity index (χ3v) is 7.78. The van der Waals surface area contributed by atoms with Crippen LogP contribution in [0.4, 0.5) is 0 Å². The molecule has 0 radical (unpaired) electrons. The molecule has 2 aliphatic rings. The summed E-state index contributed by atoms with van der Waals surface area (Å²) in [5.74, 6) is -0.971. The molecule has 4 N–H and O–H groups in total. The van der Waals surface area contributed by atoms with E-state index >= 15 is 0 Å². The van der Waals surface area contributed by atoms with Gasteiger partial charge in [-0.05, 0) is 30.9 Å². The first-order valence-corrected chi connectivity index (χ1v) is 13.1. The number of benzene rings is 2. The lowest BCUT2D eigenvalue weighted by Crippen LogP contribution is -2.62. The van der Waals surface area contributed by atoms with E-state index in [1.807, 2.05) is 67.7 Å². The summed E-state index contributed by atoms with van der Waals surface area (Å²) < 4.78 is 5.85. The molecule has 2 fully saturated rings. The molecule has 1 spiro atoms. The van der Waals surface area contributed by atoms with Crippen LogP contribution in [0.25, 0.3) is 0 Å². The number of nitrogens with zero attached hydrogens (tertiary/aromatic N) is 2. The van der Waals surface area contributed by atoms with Crippen LogP contribution in [0.15, 0.2) is 60.7 Å². The van der Waals surface area contributed by atoms with Gasteiger partial charge in [0.05, 0.1) is 25.2 Å². The number of piperidine rings is 1. The van der Waals surface area contributed by atoms with Crippen molar-refractivity contribution in [1.29, 1.82) is 0 Å². The number of aliphatic hydroxyl groups excluding tert-OH is 1. The number of ether oxygens (including phenoxy) is 1. The van der Waals surface area contributed by atoms with Crippen LogP contribution in [-0.2, 0) is 25.7 Å². The summed E-state index contributed by atoms with van der Waals surface area (Å²) in [6.07, 6.45) is 1.36. The highest BCUT2D eigenvalue weighted by Gasteiger charge is 2.55. The summed E-state index contributed by atoms with van der Waals surface area (Å²) in [6.45, 7) is 2.36. The minimum atomic E-state index is -1.55. The van der Waals surface area contributed by atoms with Gasteiger partial charge in [-0.25, -0.2) is 0 Å². The van der Waals surface area contributed by atoms with Gasteiger partial charge in [0, 0.05) is 32.6 Å². The Morgan fingerprint density at radius 1 is 1.18 bits per heavy atom. The third-order valence-electron chi connectivity index (χ3n) is 7.78. The number of nitrogens with one attached hydrogen (secondary N) is 1. The highest BCUT2D eigenvalue weighted by molar-refractivity contribution is 5.93. The second kappa shape index (κ2) is 11.6. The van der Waals surface area contributed by atoms with Gasteiger partial charge in [-0.2, -0.15) is 0 Å². The van der Waals surface area contributed by atoms with E-state index in [-0.39, 0.29) is 37.5 Å². The van der Waals surface area contributed by atoms with E-state index in [2.05, 4.69) is 5.32 Å². The zero-order valence-corrected chi connectivity index (χ0v) is 22.1. The average Bonchev–Trinajstić information content (AvgIpc) is 3.17. The number of aliphatic hydroxyl groups is 1. The second-order valence-corrected chi connectivity index (χ2v) is 10.8. The zero-order valence-electron chi connectivity index (χ0n) is 22.1. The summed E-state index contributed by atoms with van der Waals surface area (Å²) in [7, 11) is 1.81. The normalized spacial score (nSPS) is 23.8. The molecule has 0 bridgehead atoms. The first-order valence-electron chi connectivity index (χ1n) is 13.1. The number of nitrogens with two attached hydrogens (primary N) is 1. The van der Waals surface area contributed by atoms with Crippen molar-refractivity contribution < 1.29 is 24.2 Å². The summed E-state index contributed by atoms with van der Waals surface area (Å²) in [5.41, 5.74) is 5.68. The van der Waals surface area contributed by atoms with Crippen LogP contribution < -0.4 is 11.1 Å². The molecule has 9 heteroatoms. The molecule has 2 heterocycles. The van der Waals surface area contributed by atoms with Crippen molar-refractivity contribution in [3.8, 4) is 0 Å². The smallest absolute Gasteiger partial charge is 0.247 e. The first kappa shape index (κ1) is 27.8. The van der Waals surface area contributed by atoms with E-state index in [1.165, 1.54) is 6.92 Å². The predicted octanol–water partition coefficient (Wildman–Crippen LogP) is 1.26. The standard InChI is InChI=1S/C29H38N4O5/c1-28(30,20-34)26(36)31-24(18-38-17-21-10-5-3-6-11-21)25(35)33-15-9-14-29(19-33)23(16-32(2)27(29)37)22-12-7-4-8-13-22/h3-8,10-13,23-24,34H,9,14-20,30H2,1-2H3,(H,31,36)/t23-,24+,28?,29-/m0/s1. The van der Waals surface area contributed by atoms with Crippen molar-refractivity contribution in [3.05, 3.63) is 71.8 Å². The Morgan fingerprint density at radius 2 is 1.84 bits per heavy atom. The Balaban J connectivity index is 1.55. The predicted molar refractivity (Wildman–Crippen MR) is 143 cm³/mol. The van der Waals surface area contributed by atoms with Crippen molar-refractivity contribution in [2.45, 2.75) is 43.9 Å². The Labute approximate surface area is 223 Å². The fourth-order valence-corrected chi connectivity index (χ4v) is 5.56. The summed E-state index contributed by atoms with van der Waals surface area (Å²) >= 11 is 0. The molecule has 204 valence electrons. The van der Waals surface area contributed by atoms with Crippen molar-refractivity contribution in [3.63, 3.8) is 0 Å². The Bertz CT molecular complexity index is 1130. The van der Waals surface area contributed by atoms with Gasteiger partial charge in [0.25, 0.3) is 0 Å². The lowest BCUT2D eigenvalue weighted by Gasteiger charge is -2.43. The van der Waals surface area contributed by atoms with E-state index in [4.69, 9.17) is 10.5 Å². The highest BCUT2D eigenvalue weighted by Crippen LogP contribution is 2.49. The average molecular weight is 523 g/mol. The SMILES string of the molecule is CN1C[C@@H](c2ccccc2)[C@@]2(CCCN(C(=O)[C@@H](COCc3ccccc3)NC(=O)C(C)(N)CO)C2)C1=O.